The van der Waals surface area contributed by atoms with Gasteiger partial charge in [-0.15, -0.1) is 11.3 Å². The van der Waals surface area contributed by atoms with Crippen LogP contribution in [0.3, 0.4) is 0 Å². The zero-order valence-electron chi connectivity index (χ0n) is 11.1. The number of aliphatic carboxylic acids is 1. The normalized spacial score (nSPS) is 11.0. The maximum Gasteiger partial charge on any atom is 0.322 e. The molecule has 0 bridgehead atoms. The molecule has 0 aliphatic rings. The van der Waals surface area contributed by atoms with Crippen molar-refractivity contribution in [3.8, 4) is 5.75 Å². The second-order valence-corrected chi connectivity index (χ2v) is 6.26. The van der Waals surface area contributed by atoms with E-state index < -0.39 is 18.4 Å². The highest BCUT2D eigenvalue weighted by Crippen LogP contribution is 2.42. The largest absolute Gasteiger partial charge is 0.504 e. The fourth-order valence-electron chi connectivity index (χ4n) is 2.02. The van der Waals surface area contributed by atoms with Crippen molar-refractivity contribution in [2.24, 2.45) is 0 Å². The number of carboxylic acid groups (broad SMARTS) is 1. The van der Waals surface area contributed by atoms with Gasteiger partial charge in [0, 0.05) is 0 Å². The van der Waals surface area contributed by atoms with E-state index >= 15 is 0 Å². The number of carbonyl (C=O) groups excluding carboxylic acids is 1. The summed E-state index contributed by atoms with van der Waals surface area (Å²) in [4.78, 5) is 30.5. The Hall–Kier alpha value is -2.16. The molecule has 0 saturated carbocycles. The van der Waals surface area contributed by atoms with Crippen molar-refractivity contribution >= 4 is 66.7 Å². The lowest BCUT2D eigenvalue weighted by Crippen LogP contribution is -2.30. The first kappa shape index (κ1) is 15.7. The molecule has 3 N–H and O–H groups in total. The molecule has 3 heterocycles. The molecular formula is C13H7Cl2N3O4S. The number of aromatic nitrogens is 2. The molecule has 0 unspecified atom stereocenters. The van der Waals surface area contributed by atoms with Crippen LogP contribution in [0.15, 0.2) is 12.1 Å². The highest BCUT2D eigenvalue weighted by molar-refractivity contribution is 7.26. The van der Waals surface area contributed by atoms with Gasteiger partial charge in [-0.05, 0) is 12.1 Å². The summed E-state index contributed by atoms with van der Waals surface area (Å²) in [5.41, 5.74) is 0.129. The van der Waals surface area contributed by atoms with Crippen LogP contribution in [0.4, 0.5) is 0 Å². The van der Waals surface area contributed by atoms with Crippen LogP contribution in [0.5, 0.6) is 5.75 Å². The van der Waals surface area contributed by atoms with E-state index in [4.69, 9.17) is 28.3 Å². The summed E-state index contributed by atoms with van der Waals surface area (Å²) in [5.74, 6) is -2.44. The van der Waals surface area contributed by atoms with Crippen LogP contribution in [0.25, 0.3) is 20.3 Å². The van der Waals surface area contributed by atoms with Gasteiger partial charge in [0.25, 0.3) is 5.91 Å². The molecule has 0 aliphatic carbocycles. The van der Waals surface area contributed by atoms with Crippen LogP contribution in [0.1, 0.15) is 10.5 Å². The zero-order valence-corrected chi connectivity index (χ0v) is 13.5. The van der Waals surface area contributed by atoms with Crippen LogP contribution in [-0.2, 0) is 4.79 Å². The number of hydrogen-bond acceptors (Lipinski definition) is 6. The standard InChI is InChI=1S/C13H7Cl2N3O4S/c14-5-2-1-4-8(17-5)7-11(23-4)10(21)9(18-12(7)15)13(22)16-3-6(19)20/h1-2,21H,3H2,(H,16,22)(H,19,20). The van der Waals surface area contributed by atoms with Gasteiger partial charge in [-0.25, -0.2) is 9.97 Å². The molecule has 7 nitrogen and oxygen atoms in total. The van der Waals surface area contributed by atoms with Crippen molar-refractivity contribution in [2.75, 3.05) is 6.54 Å². The molecule has 3 rings (SSSR count). The van der Waals surface area contributed by atoms with Crippen molar-refractivity contribution in [3.05, 3.63) is 28.1 Å². The quantitative estimate of drug-likeness (QED) is 0.610. The van der Waals surface area contributed by atoms with Crippen LogP contribution >= 0.6 is 34.5 Å². The van der Waals surface area contributed by atoms with Gasteiger partial charge in [0.2, 0.25) is 0 Å². The van der Waals surface area contributed by atoms with Gasteiger partial charge < -0.3 is 15.5 Å². The summed E-state index contributed by atoms with van der Waals surface area (Å²) >= 11 is 13.2. The fourth-order valence-corrected chi connectivity index (χ4v) is 3.58. The average Bonchev–Trinajstić information content (AvgIpc) is 2.87. The van der Waals surface area contributed by atoms with E-state index in [1.165, 1.54) is 11.3 Å². The van der Waals surface area contributed by atoms with Crippen LogP contribution in [0.2, 0.25) is 10.3 Å². The van der Waals surface area contributed by atoms with Gasteiger partial charge in [-0.1, -0.05) is 23.2 Å². The third-order valence-electron chi connectivity index (χ3n) is 2.97. The lowest BCUT2D eigenvalue weighted by Gasteiger charge is -2.06. The lowest BCUT2D eigenvalue weighted by atomic mass is 10.2. The molecule has 0 aromatic carbocycles. The number of nitrogens with zero attached hydrogens (tertiary/aromatic N) is 2. The Morgan fingerprint density at radius 1 is 1.26 bits per heavy atom. The predicted octanol–water partition coefficient (Wildman–Crippen LogP) is 2.67. The number of pyridine rings is 2. The fraction of sp³-hybridized carbons (Fsp3) is 0.0769. The molecule has 0 saturated heterocycles. The molecule has 0 aliphatic heterocycles. The molecular weight excluding hydrogens is 365 g/mol. The van der Waals surface area contributed by atoms with Gasteiger partial charge in [0.05, 0.1) is 20.3 Å². The Balaban J connectivity index is 2.20. The van der Waals surface area contributed by atoms with Gasteiger partial charge >= 0.3 is 5.97 Å². The number of amides is 1. The second-order valence-electron chi connectivity index (χ2n) is 4.46. The Morgan fingerprint density at radius 2 is 2.00 bits per heavy atom. The molecule has 0 atom stereocenters. The molecule has 0 radical (unpaired) electrons. The van der Waals surface area contributed by atoms with Gasteiger partial charge in [-0.2, -0.15) is 0 Å². The molecule has 118 valence electrons. The summed E-state index contributed by atoms with van der Waals surface area (Å²) in [6.07, 6.45) is 0. The Morgan fingerprint density at radius 3 is 2.70 bits per heavy atom. The Labute approximate surface area is 142 Å². The Kier molecular flexibility index (Phi) is 3.97. The molecule has 3 aromatic heterocycles. The number of carbonyl (C=O) groups is 2. The second kappa shape index (κ2) is 5.80. The summed E-state index contributed by atoms with van der Waals surface area (Å²) < 4.78 is 1.04. The summed E-state index contributed by atoms with van der Waals surface area (Å²) in [6.45, 7) is -0.598. The SMILES string of the molecule is O=C(O)CNC(=O)c1nc(Cl)c2c(sc3ccc(Cl)nc32)c1O. The van der Waals surface area contributed by atoms with E-state index in [1.54, 1.807) is 12.1 Å². The monoisotopic (exact) mass is 371 g/mol. The minimum Gasteiger partial charge on any atom is -0.504 e. The van der Waals surface area contributed by atoms with Crippen molar-refractivity contribution in [2.45, 2.75) is 0 Å². The van der Waals surface area contributed by atoms with Crippen molar-refractivity contribution < 1.29 is 19.8 Å². The summed E-state index contributed by atoms with van der Waals surface area (Å²) in [5, 5.41) is 21.6. The summed E-state index contributed by atoms with van der Waals surface area (Å²) in [6, 6.07) is 3.31. The number of nitrogens with one attached hydrogen (secondary N) is 1. The third kappa shape index (κ3) is 2.76. The van der Waals surface area contributed by atoms with Crippen LogP contribution in [-0.4, -0.2) is 38.6 Å². The molecule has 10 heteroatoms. The molecule has 23 heavy (non-hydrogen) atoms. The first-order valence-electron chi connectivity index (χ1n) is 6.15. The minimum atomic E-state index is -1.22. The van der Waals surface area contributed by atoms with Gasteiger partial charge in [0.15, 0.2) is 11.4 Å². The molecule has 0 spiro atoms. The lowest BCUT2D eigenvalue weighted by molar-refractivity contribution is -0.135. The number of thiophene rings is 1. The van der Waals surface area contributed by atoms with E-state index in [2.05, 4.69) is 15.3 Å². The van der Waals surface area contributed by atoms with Gasteiger partial charge in [-0.3, -0.25) is 9.59 Å². The smallest absolute Gasteiger partial charge is 0.322 e. The minimum absolute atomic E-state index is 0.0284. The number of aromatic hydroxyl groups is 1. The maximum atomic E-state index is 11.9. The van der Waals surface area contributed by atoms with E-state index in [-0.39, 0.29) is 21.7 Å². The zero-order chi connectivity index (χ0) is 16.7. The summed E-state index contributed by atoms with van der Waals surface area (Å²) in [7, 11) is 0. The third-order valence-corrected chi connectivity index (χ3v) is 4.61. The number of rotatable bonds is 3. The van der Waals surface area contributed by atoms with Gasteiger partial charge in [0.1, 0.15) is 16.9 Å². The van der Waals surface area contributed by atoms with E-state index in [1.807, 2.05) is 0 Å². The number of carboxylic acids is 1. The van der Waals surface area contributed by atoms with E-state index in [9.17, 15) is 14.7 Å². The number of halogens is 2. The van der Waals surface area contributed by atoms with Crippen LogP contribution < -0.4 is 5.32 Å². The maximum absolute atomic E-state index is 11.9. The molecule has 0 fully saturated rings. The number of hydrogen-bond donors (Lipinski definition) is 3. The molecule has 1 amide bonds. The van der Waals surface area contributed by atoms with E-state index in [0.29, 0.717) is 20.3 Å². The van der Waals surface area contributed by atoms with Crippen molar-refractivity contribution in [1.29, 1.82) is 0 Å². The van der Waals surface area contributed by atoms with E-state index in [0.717, 1.165) is 0 Å². The van der Waals surface area contributed by atoms with Crippen molar-refractivity contribution in [3.63, 3.8) is 0 Å². The highest BCUT2D eigenvalue weighted by atomic mass is 35.5. The molecule has 3 aromatic rings. The first-order chi connectivity index (χ1) is 10.9. The first-order valence-corrected chi connectivity index (χ1v) is 7.73. The Bertz CT molecular complexity index is 973. The van der Waals surface area contributed by atoms with Crippen molar-refractivity contribution in [1.82, 2.24) is 15.3 Å². The topological polar surface area (TPSA) is 112 Å². The van der Waals surface area contributed by atoms with Crippen LogP contribution in [0, 0.1) is 0 Å². The predicted molar refractivity (Wildman–Crippen MR) is 86.6 cm³/mol. The number of fused-ring (bicyclic) bond motifs is 3. The average molecular weight is 372 g/mol. The highest BCUT2D eigenvalue weighted by Gasteiger charge is 2.22.